The maximum atomic E-state index is 10.9. The summed E-state index contributed by atoms with van der Waals surface area (Å²) in [6, 6.07) is 0. The van der Waals surface area contributed by atoms with Crippen LogP contribution in [0.5, 0.6) is 0 Å². The number of carbonyl (C=O) groups excluding carboxylic acids is 1. The van der Waals surface area contributed by atoms with E-state index in [-0.39, 0.29) is 18.0 Å². The van der Waals surface area contributed by atoms with Crippen molar-refractivity contribution in [2.75, 3.05) is 0 Å². The van der Waals surface area contributed by atoms with E-state index >= 15 is 0 Å². The summed E-state index contributed by atoms with van der Waals surface area (Å²) < 4.78 is 5.39. The molecule has 2 nitrogen and oxygen atoms in total. The van der Waals surface area contributed by atoms with Gasteiger partial charge in [-0.1, -0.05) is 11.6 Å². The Labute approximate surface area is 67.2 Å². The Hall–Kier alpha value is -0.630. The first kappa shape index (κ1) is 8.47. The minimum absolute atomic E-state index is 0.0950. The van der Waals surface area contributed by atoms with Crippen LogP contribution in [-0.4, -0.2) is 18.0 Å². The molecular weight excluding hydrogens is 140 g/mol. The second kappa shape index (κ2) is 3.18. The molecule has 11 heavy (non-hydrogen) atoms. The fourth-order valence-electron chi connectivity index (χ4n) is 1.35. The third-order valence-electron chi connectivity index (χ3n) is 1.86. The van der Waals surface area contributed by atoms with Crippen LogP contribution in [0.4, 0.5) is 0 Å². The quantitative estimate of drug-likeness (QED) is 0.537. The van der Waals surface area contributed by atoms with E-state index in [1.54, 1.807) is 6.92 Å². The fraction of sp³-hybridized carbons (Fsp3) is 0.667. The number of rotatable bonds is 1. The van der Waals surface area contributed by atoms with E-state index in [0.29, 0.717) is 0 Å². The molecule has 0 aromatic heterocycles. The number of hydrogen-bond donors (Lipinski definition) is 0. The highest BCUT2D eigenvalue weighted by atomic mass is 16.5. The minimum Gasteiger partial charge on any atom is -0.363 e. The summed E-state index contributed by atoms with van der Waals surface area (Å²) in [6.45, 7) is 5.57. The van der Waals surface area contributed by atoms with Gasteiger partial charge in [-0.25, -0.2) is 0 Å². The molecule has 0 fully saturated rings. The molecule has 1 rings (SSSR count). The predicted molar refractivity (Wildman–Crippen MR) is 43.4 cm³/mol. The third kappa shape index (κ3) is 2.15. The molecule has 0 N–H and O–H groups in total. The van der Waals surface area contributed by atoms with Gasteiger partial charge in [0, 0.05) is 6.42 Å². The van der Waals surface area contributed by atoms with Crippen LogP contribution >= 0.6 is 0 Å². The molecule has 0 aromatic rings. The maximum absolute atomic E-state index is 10.9. The predicted octanol–water partition coefficient (Wildman–Crippen LogP) is 1.70. The number of ketones is 1. The zero-order chi connectivity index (χ0) is 8.43. The van der Waals surface area contributed by atoms with Crippen LogP contribution in [0.1, 0.15) is 27.2 Å². The summed E-state index contributed by atoms with van der Waals surface area (Å²) in [6.07, 6.45) is 2.71. The number of hydrogen-bond acceptors (Lipinski definition) is 2. The van der Waals surface area contributed by atoms with Gasteiger partial charge in [0.15, 0.2) is 5.78 Å². The largest absolute Gasteiger partial charge is 0.363 e. The fourth-order valence-corrected chi connectivity index (χ4v) is 1.35. The Morgan fingerprint density at radius 1 is 1.73 bits per heavy atom. The zero-order valence-electron chi connectivity index (χ0n) is 7.26. The van der Waals surface area contributed by atoms with E-state index in [0.717, 1.165) is 6.42 Å². The molecule has 1 aliphatic heterocycles. The molecular formula is C9H14O2. The SMILES string of the molecule is CC(=O)[C@H]1CC(C)=C[C@H](C)O1. The van der Waals surface area contributed by atoms with E-state index in [1.807, 2.05) is 13.8 Å². The molecule has 1 heterocycles. The second-order valence-electron chi connectivity index (χ2n) is 3.16. The first-order valence-electron chi connectivity index (χ1n) is 3.93. The third-order valence-corrected chi connectivity index (χ3v) is 1.86. The lowest BCUT2D eigenvalue weighted by atomic mass is 10.0. The lowest BCUT2D eigenvalue weighted by Gasteiger charge is -2.24. The summed E-state index contributed by atoms with van der Waals surface area (Å²) in [5.41, 5.74) is 1.25. The van der Waals surface area contributed by atoms with Crippen LogP contribution in [0.15, 0.2) is 11.6 Å². The highest BCUT2D eigenvalue weighted by molar-refractivity contribution is 5.80. The van der Waals surface area contributed by atoms with E-state index < -0.39 is 0 Å². The van der Waals surface area contributed by atoms with Crippen molar-refractivity contribution in [2.45, 2.75) is 39.4 Å². The maximum Gasteiger partial charge on any atom is 0.158 e. The van der Waals surface area contributed by atoms with E-state index in [1.165, 1.54) is 5.57 Å². The van der Waals surface area contributed by atoms with Crippen LogP contribution in [0.3, 0.4) is 0 Å². The summed E-state index contributed by atoms with van der Waals surface area (Å²) in [4.78, 5) is 10.9. The number of Topliss-reactive ketones (excluding diaryl/α,β-unsaturated/α-hetero) is 1. The first-order chi connectivity index (χ1) is 5.09. The van der Waals surface area contributed by atoms with Gasteiger partial charge in [-0.2, -0.15) is 0 Å². The minimum atomic E-state index is -0.199. The molecule has 0 unspecified atom stereocenters. The molecule has 2 atom stereocenters. The molecule has 0 amide bonds. The van der Waals surface area contributed by atoms with Gasteiger partial charge in [-0.05, 0) is 20.8 Å². The monoisotopic (exact) mass is 154 g/mol. The van der Waals surface area contributed by atoms with Gasteiger partial charge in [0.05, 0.1) is 6.10 Å². The number of carbonyl (C=O) groups is 1. The van der Waals surface area contributed by atoms with Gasteiger partial charge in [0.2, 0.25) is 0 Å². The molecule has 2 heteroatoms. The summed E-state index contributed by atoms with van der Waals surface area (Å²) in [5, 5.41) is 0. The van der Waals surface area contributed by atoms with Crippen molar-refractivity contribution in [2.24, 2.45) is 0 Å². The van der Waals surface area contributed by atoms with Crippen molar-refractivity contribution in [1.82, 2.24) is 0 Å². The van der Waals surface area contributed by atoms with Crippen molar-refractivity contribution < 1.29 is 9.53 Å². The molecule has 0 bridgehead atoms. The van der Waals surface area contributed by atoms with Crippen molar-refractivity contribution in [1.29, 1.82) is 0 Å². The summed E-state index contributed by atoms with van der Waals surface area (Å²) in [5.74, 6) is 0.129. The average Bonchev–Trinajstić information content (AvgIpc) is 1.85. The Morgan fingerprint density at radius 3 is 2.82 bits per heavy atom. The smallest absolute Gasteiger partial charge is 0.158 e. The lowest BCUT2D eigenvalue weighted by molar-refractivity contribution is -0.130. The number of ether oxygens (including phenoxy) is 1. The highest BCUT2D eigenvalue weighted by Crippen LogP contribution is 2.18. The Balaban J connectivity index is 2.64. The molecule has 0 spiro atoms. The molecule has 0 saturated heterocycles. The molecule has 0 aromatic carbocycles. The van der Waals surface area contributed by atoms with E-state index in [2.05, 4.69) is 6.08 Å². The lowest BCUT2D eigenvalue weighted by Crippen LogP contribution is -2.29. The molecule has 0 radical (unpaired) electrons. The van der Waals surface area contributed by atoms with Crippen LogP contribution in [0.2, 0.25) is 0 Å². The summed E-state index contributed by atoms with van der Waals surface area (Å²) in [7, 11) is 0. The van der Waals surface area contributed by atoms with Crippen LogP contribution in [0.25, 0.3) is 0 Å². The van der Waals surface area contributed by atoms with Crippen molar-refractivity contribution >= 4 is 5.78 Å². The normalized spacial score (nSPS) is 31.4. The van der Waals surface area contributed by atoms with Gasteiger partial charge in [0.25, 0.3) is 0 Å². The average molecular weight is 154 g/mol. The van der Waals surface area contributed by atoms with Crippen LogP contribution < -0.4 is 0 Å². The van der Waals surface area contributed by atoms with Crippen LogP contribution in [0, 0.1) is 0 Å². The van der Waals surface area contributed by atoms with Crippen molar-refractivity contribution in [3.05, 3.63) is 11.6 Å². The molecule has 0 aliphatic carbocycles. The van der Waals surface area contributed by atoms with Gasteiger partial charge in [-0.15, -0.1) is 0 Å². The Morgan fingerprint density at radius 2 is 2.36 bits per heavy atom. The van der Waals surface area contributed by atoms with Gasteiger partial charge >= 0.3 is 0 Å². The van der Waals surface area contributed by atoms with Gasteiger partial charge in [0.1, 0.15) is 6.10 Å². The van der Waals surface area contributed by atoms with Crippen LogP contribution in [-0.2, 0) is 9.53 Å². The highest BCUT2D eigenvalue weighted by Gasteiger charge is 2.21. The van der Waals surface area contributed by atoms with Crippen molar-refractivity contribution in [3.63, 3.8) is 0 Å². The molecule has 62 valence electrons. The van der Waals surface area contributed by atoms with Gasteiger partial charge in [-0.3, -0.25) is 4.79 Å². The standard InChI is InChI=1S/C9H14O2/c1-6-4-7(2)11-9(5-6)8(3)10/h4,7,9H,5H2,1-3H3/t7-,9+/m0/s1. The molecule has 1 aliphatic rings. The first-order valence-corrected chi connectivity index (χ1v) is 3.93. The van der Waals surface area contributed by atoms with Crippen molar-refractivity contribution in [3.8, 4) is 0 Å². The Bertz CT molecular complexity index is 194. The van der Waals surface area contributed by atoms with E-state index in [9.17, 15) is 4.79 Å². The van der Waals surface area contributed by atoms with E-state index in [4.69, 9.17) is 4.74 Å². The summed E-state index contributed by atoms with van der Waals surface area (Å²) >= 11 is 0. The zero-order valence-corrected chi connectivity index (χ0v) is 7.26. The Kier molecular flexibility index (Phi) is 2.45. The second-order valence-corrected chi connectivity index (χ2v) is 3.16. The topological polar surface area (TPSA) is 26.3 Å². The molecule has 0 saturated carbocycles. The van der Waals surface area contributed by atoms with Gasteiger partial charge < -0.3 is 4.74 Å².